The second-order valence-corrected chi connectivity index (χ2v) is 5.38. The highest BCUT2D eigenvalue weighted by Crippen LogP contribution is 2.35. The van der Waals surface area contributed by atoms with Gasteiger partial charge in [-0.2, -0.15) is 5.10 Å². The molecule has 21 heavy (non-hydrogen) atoms. The number of fused-ring (bicyclic) bond motifs is 1. The van der Waals surface area contributed by atoms with E-state index in [2.05, 4.69) is 5.10 Å². The SMILES string of the molecule is Cc1ccc2c(c1)OC(C)CN2C(=O)c1cnn(C)c1N. The van der Waals surface area contributed by atoms with Crippen LogP contribution in [0.5, 0.6) is 5.75 Å². The topological polar surface area (TPSA) is 73.4 Å². The van der Waals surface area contributed by atoms with E-state index in [0.29, 0.717) is 17.9 Å². The van der Waals surface area contributed by atoms with Gasteiger partial charge in [-0.3, -0.25) is 9.48 Å². The van der Waals surface area contributed by atoms with Crippen LogP contribution in [0, 0.1) is 6.92 Å². The number of nitrogen functional groups attached to an aromatic ring is 1. The van der Waals surface area contributed by atoms with E-state index in [1.54, 1.807) is 11.9 Å². The number of aromatic nitrogens is 2. The molecule has 2 heterocycles. The van der Waals surface area contributed by atoms with Gasteiger partial charge in [-0.1, -0.05) is 6.07 Å². The zero-order chi connectivity index (χ0) is 15.1. The molecule has 1 aliphatic rings. The first-order chi connectivity index (χ1) is 9.97. The molecule has 0 radical (unpaired) electrons. The normalized spacial score (nSPS) is 17.3. The largest absolute Gasteiger partial charge is 0.487 e. The lowest BCUT2D eigenvalue weighted by Crippen LogP contribution is -2.42. The molecule has 1 aromatic heterocycles. The average molecular weight is 286 g/mol. The lowest BCUT2D eigenvalue weighted by molar-refractivity contribution is 0.0962. The van der Waals surface area contributed by atoms with Gasteiger partial charge in [0, 0.05) is 7.05 Å². The van der Waals surface area contributed by atoms with Gasteiger partial charge in [0.2, 0.25) is 0 Å². The highest BCUT2D eigenvalue weighted by Gasteiger charge is 2.30. The number of amides is 1. The van der Waals surface area contributed by atoms with E-state index in [1.807, 2.05) is 32.0 Å². The van der Waals surface area contributed by atoms with Crippen molar-refractivity contribution in [1.82, 2.24) is 9.78 Å². The number of aryl methyl sites for hydroxylation is 2. The summed E-state index contributed by atoms with van der Waals surface area (Å²) in [6.45, 7) is 4.43. The van der Waals surface area contributed by atoms with E-state index in [-0.39, 0.29) is 12.0 Å². The summed E-state index contributed by atoms with van der Waals surface area (Å²) in [6, 6.07) is 5.81. The molecule has 0 saturated heterocycles. The Morgan fingerprint density at radius 2 is 2.24 bits per heavy atom. The fraction of sp³-hybridized carbons (Fsp3) is 0.333. The molecule has 1 atom stereocenters. The minimum absolute atomic E-state index is 0.0684. The van der Waals surface area contributed by atoms with Crippen LogP contribution in [0.2, 0.25) is 0 Å². The predicted octanol–water partition coefficient (Wildman–Crippen LogP) is 1.74. The Labute approximate surface area is 123 Å². The third kappa shape index (κ3) is 2.22. The van der Waals surface area contributed by atoms with Gasteiger partial charge in [-0.15, -0.1) is 0 Å². The van der Waals surface area contributed by atoms with Crippen LogP contribution in [-0.4, -0.2) is 28.3 Å². The molecule has 3 rings (SSSR count). The summed E-state index contributed by atoms with van der Waals surface area (Å²) in [4.78, 5) is 14.5. The molecule has 1 unspecified atom stereocenters. The van der Waals surface area contributed by atoms with E-state index in [1.165, 1.54) is 10.9 Å². The quantitative estimate of drug-likeness (QED) is 0.866. The second-order valence-electron chi connectivity index (χ2n) is 5.38. The molecule has 110 valence electrons. The fourth-order valence-corrected chi connectivity index (χ4v) is 2.50. The van der Waals surface area contributed by atoms with Crippen LogP contribution in [0.3, 0.4) is 0 Å². The molecule has 2 N–H and O–H groups in total. The zero-order valence-corrected chi connectivity index (χ0v) is 12.3. The molecule has 0 fully saturated rings. The Kier molecular flexibility index (Phi) is 3.08. The van der Waals surface area contributed by atoms with Gasteiger partial charge in [0.1, 0.15) is 23.2 Å². The van der Waals surface area contributed by atoms with Crippen molar-refractivity contribution in [2.24, 2.45) is 7.05 Å². The molecule has 1 aliphatic heterocycles. The van der Waals surface area contributed by atoms with E-state index >= 15 is 0 Å². The van der Waals surface area contributed by atoms with Crippen LogP contribution in [0.25, 0.3) is 0 Å². The standard InChI is InChI=1S/C15H18N4O2/c1-9-4-5-12-13(6-9)21-10(2)8-19(12)15(20)11-7-17-18(3)14(11)16/h4-7,10H,8,16H2,1-3H3. The van der Waals surface area contributed by atoms with E-state index in [4.69, 9.17) is 10.5 Å². The molecular weight excluding hydrogens is 268 g/mol. The zero-order valence-electron chi connectivity index (χ0n) is 12.3. The number of nitrogens with zero attached hydrogens (tertiary/aromatic N) is 3. The van der Waals surface area contributed by atoms with Crippen molar-refractivity contribution in [3.05, 3.63) is 35.5 Å². The Hall–Kier alpha value is -2.50. The van der Waals surface area contributed by atoms with Crippen LogP contribution >= 0.6 is 0 Å². The number of hydrogen-bond acceptors (Lipinski definition) is 4. The van der Waals surface area contributed by atoms with Crippen LogP contribution < -0.4 is 15.4 Å². The van der Waals surface area contributed by atoms with E-state index < -0.39 is 0 Å². The maximum atomic E-state index is 12.8. The van der Waals surface area contributed by atoms with Crippen LogP contribution in [0.1, 0.15) is 22.8 Å². The highest BCUT2D eigenvalue weighted by atomic mass is 16.5. The summed E-state index contributed by atoms with van der Waals surface area (Å²) in [6.07, 6.45) is 1.44. The Morgan fingerprint density at radius 1 is 1.48 bits per heavy atom. The highest BCUT2D eigenvalue weighted by molar-refractivity contribution is 6.09. The maximum absolute atomic E-state index is 12.8. The first-order valence-corrected chi connectivity index (χ1v) is 6.84. The summed E-state index contributed by atoms with van der Waals surface area (Å²) in [7, 11) is 1.71. The Morgan fingerprint density at radius 3 is 2.90 bits per heavy atom. The van der Waals surface area contributed by atoms with Gasteiger partial charge in [-0.05, 0) is 31.5 Å². The number of ether oxygens (including phenoxy) is 1. The van der Waals surface area contributed by atoms with Gasteiger partial charge >= 0.3 is 0 Å². The number of benzene rings is 1. The smallest absolute Gasteiger partial charge is 0.263 e. The average Bonchev–Trinajstić information content (AvgIpc) is 2.77. The third-order valence-corrected chi connectivity index (χ3v) is 3.63. The monoisotopic (exact) mass is 286 g/mol. The van der Waals surface area contributed by atoms with Crippen molar-refractivity contribution in [2.45, 2.75) is 20.0 Å². The summed E-state index contributed by atoms with van der Waals surface area (Å²) < 4.78 is 7.31. The Balaban J connectivity index is 2.03. The molecule has 0 spiro atoms. The molecule has 1 amide bonds. The van der Waals surface area contributed by atoms with Gasteiger partial charge in [0.15, 0.2) is 0 Å². The van der Waals surface area contributed by atoms with Gasteiger partial charge in [0.05, 0.1) is 18.4 Å². The summed E-state index contributed by atoms with van der Waals surface area (Å²) in [5.41, 5.74) is 8.19. The lowest BCUT2D eigenvalue weighted by Gasteiger charge is -2.33. The number of anilines is 2. The first kappa shape index (κ1) is 13.5. The number of nitrogens with two attached hydrogens (primary N) is 1. The van der Waals surface area contributed by atoms with Crippen LogP contribution in [0.15, 0.2) is 24.4 Å². The van der Waals surface area contributed by atoms with Crippen molar-refractivity contribution in [1.29, 1.82) is 0 Å². The molecule has 1 aromatic carbocycles. The minimum Gasteiger partial charge on any atom is -0.487 e. The summed E-state index contributed by atoms with van der Waals surface area (Å²) in [5.74, 6) is 0.943. The molecule has 0 bridgehead atoms. The van der Waals surface area contributed by atoms with Crippen LogP contribution in [0.4, 0.5) is 11.5 Å². The minimum atomic E-state index is -0.152. The summed E-state index contributed by atoms with van der Waals surface area (Å²) in [5, 5.41) is 4.03. The number of rotatable bonds is 1. The molecule has 0 saturated carbocycles. The maximum Gasteiger partial charge on any atom is 0.263 e. The van der Waals surface area contributed by atoms with Crippen molar-refractivity contribution < 1.29 is 9.53 Å². The number of hydrogen-bond donors (Lipinski definition) is 1. The molecule has 6 heteroatoms. The van der Waals surface area contributed by atoms with Crippen molar-refractivity contribution in [3.8, 4) is 5.75 Å². The number of carbonyl (C=O) groups excluding carboxylic acids is 1. The fourth-order valence-electron chi connectivity index (χ4n) is 2.50. The molecular formula is C15H18N4O2. The number of carbonyl (C=O) groups is 1. The molecule has 2 aromatic rings. The molecule has 6 nitrogen and oxygen atoms in total. The van der Waals surface area contributed by atoms with E-state index in [9.17, 15) is 4.79 Å². The van der Waals surface area contributed by atoms with Crippen LogP contribution in [-0.2, 0) is 7.05 Å². The van der Waals surface area contributed by atoms with Crippen molar-refractivity contribution in [2.75, 3.05) is 17.2 Å². The van der Waals surface area contributed by atoms with Gasteiger partial charge in [0.25, 0.3) is 5.91 Å². The molecule has 0 aliphatic carbocycles. The summed E-state index contributed by atoms with van der Waals surface area (Å²) >= 11 is 0. The van der Waals surface area contributed by atoms with Crippen molar-refractivity contribution >= 4 is 17.4 Å². The van der Waals surface area contributed by atoms with Gasteiger partial charge < -0.3 is 15.4 Å². The van der Waals surface area contributed by atoms with E-state index in [0.717, 1.165) is 17.0 Å². The third-order valence-electron chi connectivity index (χ3n) is 3.63. The van der Waals surface area contributed by atoms with Crippen molar-refractivity contribution in [3.63, 3.8) is 0 Å². The lowest BCUT2D eigenvalue weighted by atomic mass is 10.1. The second kappa shape index (κ2) is 4.80. The Bertz CT molecular complexity index is 708. The predicted molar refractivity (Wildman–Crippen MR) is 80.6 cm³/mol. The van der Waals surface area contributed by atoms with Gasteiger partial charge in [-0.25, -0.2) is 0 Å². The first-order valence-electron chi connectivity index (χ1n) is 6.84.